The predicted octanol–water partition coefficient (Wildman–Crippen LogP) is 2.14. The van der Waals surface area contributed by atoms with Gasteiger partial charge in [0.05, 0.1) is 19.1 Å². The number of ether oxygens (including phenoxy) is 2. The highest BCUT2D eigenvalue weighted by Gasteiger charge is 2.33. The molecular weight excluding hydrogens is 308 g/mol. The Hall–Kier alpha value is -3.15. The van der Waals surface area contributed by atoms with Gasteiger partial charge < -0.3 is 9.47 Å². The number of hydrogen-bond donors (Lipinski definition) is 0. The molecule has 0 fully saturated rings. The van der Waals surface area contributed by atoms with Gasteiger partial charge in [-0.1, -0.05) is 18.2 Å². The number of benzene rings is 1. The molecule has 0 N–H and O–H groups in total. The van der Waals surface area contributed by atoms with Crippen LogP contribution in [0.15, 0.2) is 53.5 Å². The predicted molar refractivity (Wildman–Crippen MR) is 86.6 cm³/mol. The molecular formula is C18H14N2O4. The van der Waals surface area contributed by atoms with Crippen LogP contribution in [0.25, 0.3) is 5.65 Å². The average Bonchev–Trinajstić information content (AvgIpc) is 2.61. The lowest BCUT2D eigenvalue weighted by Crippen LogP contribution is -2.31. The van der Waals surface area contributed by atoms with E-state index in [-0.39, 0.29) is 17.9 Å². The average molecular weight is 322 g/mol. The van der Waals surface area contributed by atoms with Gasteiger partial charge >= 0.3 is 5.97 Å². The highest BCUT2D eigenvalue weighted by molar-refractivity contribution is 5.77. The van der Waals surface area contributed by atoms with Crippen LogP contribution in [-0.2, 0) is 4.79 Å². The number of carbonyl (C=O) groups is 1. The van der Waals surface area contributed by atoms with Crippen LogP contribution in [0.5, 0.6) is 11.6 Å². The van der Waals surface area contributed by atoms with E-state index in [1.165, 1.54) is 4.40 Å². The van der Waals surface area contributed by atoms with Crippen molar-refractivity contribution in [3.05, 3.63) is 70.1 Å². The molecule has 0 saturated carbocycles. The minimum atomic E-state index is -0.409. The zero-order valence-electron chi connectivity index (χ0n) is 12.9. The van der Waals surface area contributed by atoms with Crippen molar-refractivity contribution >= 4 is 11.6 Å². The summed E-state index contributed by atoms with van der Waals surface area (Å²) in [7, 11) is 1.58. The van der Waals surface area contributed by atoms with Crippen molar-refractivity contribution in [3.63, 3.8) is 0 Å². The van der Waals surface area contributed by atoms with Crippen LogP contribution in [0.4, 0.5) is 0 Å². The maximum Gasteiger partial charge on any atom is 0.313 e. The van der Waals surface area contributed by atoms with Crippen LogP contribution < -0.4 is 15.0 Å². The summed E-state index contributed by atoms with van der Waals surface area (Å²) in [6, 6.07) is 12.6. The lowest BCUT2D eigenvalue weighted by molar-refractivity contribution is -0.135. The Kier molecular flexibility index (Phi) is 3.30. The standard InChI is InChI=1S/C18H14N2O4/c1-23-12-6-4-5-11(9-12)13-10-15(21)24-17-16(13)18(22)20-8-3-2-7-14(20)19-17/h2-9,13H,10H2,1H3/t13-/m1/s1. The zero-order valence-corrected chi connectivity index (χ0v) is 12.9. The summed E-state index contributed by atoms with van der Waals surface area (Å²) in [5.41, 5.74) is 1.44. The molecule has 0 radical (unpaired) electrons. The minimum Gasteiger partial charge on any atom is -0.497 e. The number of fused-ring (bicyclic) bond motifs is 2. The summed E-state index contributed by atoms with van der Waals surface area (Å²) in [4.78, 5) is 29.3. The summed E-state index contributed by atoms with van der Waals surface area (Å²) < 4.78 is 11.9. The van der Waals surface area contributed by atoms with Crippen molar-refractivity contribution in [1.82, 2.24) is 9.38 Å². The van der Waals surface area contributed by atoms with Crippen molar-refractivity contribution in [2.75, 3.05) is 7.11 Å². The highest BCUT2D eigenvalue weighted by atomic mass is 16.5. The Morgan fingerprint density at radius 1 is 1.21 bits per heavy atom. The van der Waals surface area contributed by atoms with Gasteiger partial charge in [0, 0.05) is 12.1 Å². The summed E-state index contributed by atoms with van der Waals surface area (Å²) in [6.07, 6.45) is 1.75. The molecule has 4 rings (SSSR count). The van der Waals surface area contributed by atoms with Gasteiger partial charge in [-0.15, -0.1) is 0 Å². The summed E-state index contributed by atoms with van der Waals surface area (Å²) in [5, 5.41) is 0. The number of methoxy groups -OCH3 is 1. The van der Waals surface area contributed by atoms with Gasteiger partial charge in [-0.25, -0.2) is 0 Å². The molecule has 120 valence electrons. The van der Waals surface area contributed by atoms with Gasteiger partial charge in [0.15, 0.2) is 0 Å². The van der Waals surface area contributed by atoms with E-state index in [0.717, 1.165) is 5.56 Å². The smallest absolute Gasteiger partial charge is 0.313 e. The van der Waals surface area contributed by atoms with Crippen molar-refractivity contribution in [2.45, 2.75) is 12.3 Å². The molecule has 1 aromatic carbocycles. The fourth-order valence-electron chi connectivity index (χ4n) is 3.02. The maximum atomic E-state index is 12.9. The molecule has 3 heterocycles. The molecule has 6 nitrogen and oxygen atoms in total. The van der Waals surface area contributed by atoms with Crippen LogP contribution in [0.3, 0.4) is 0 Å². The summed E-state index contributed by atoms with van der Waals surface area (Å²) in [6.45, 7) is 0. The third kappa shape index (κ3) is 2.23. The molecule has 0 spiro atoms. The van der Waals surface area contributed by atoms with Gasteiger partial charge in [0.1, 0.15) is 11.4 Å². The fraction of sp³-hybridized carbons (Fsp3) is 0.167. The number of esters is 1. The Morgan fingerprint density at radius 3 is 2.92 bits per heavy atom. The van der Waals surface area contributed by atoms with Gasteiger partial charge in [-0.3, -0.25) is 14.0 Å². The first-order valence-electron chi connectivity index (χ1n) is 7.53. The van der Waals surface area contributed by atoms with Crippen LogP contribution >= 0.6 is 0 Å². The lowest BCUT2D eigenvalue weighted by Gasteiger charge is -2.23. The van der Waals surface area contributed by atoms with E-state index in [2.05, 4.69) is 4.98 Å². The molecule has 0 amide bonds. The fourth-order valence-corrected chi connectivity index (χ4v) is 3.02. The molecule has 6 heteroatoms. The van der Waals surface area contributed by atoms with Crippen molar-refractivity contribution in [1.29, 1.82) is 0 Å². The molecule has 0 unspecified atom stereocenters. The summed E-state index contributed by atoms with van der Waals surface area (Å²) >= 11 is 0. The molecule has 1 aliphatic rings. The first-order chi connectivity index (χ1) is 11.7. The second-order valence-corrected chi connectivity index (χ2v) is 5.57. The highest BCUT2D eigenvalue weighted by Crippen LogP contribution is 2.36. The Balaban J connectivity index is 1.97. The largest absolute Gasteiger partial charge is 0.497 e. The first-order valence-corrected chi connectivity index (χ1v) is 7.53. The molecule has 1 aliphatic heterocycles. The lowest BCUT2D eigenvalue weighted by atomic mass is 9.88. The van der Waals surface area contributed by atoms with E-state index < -0.39 is 11.9 Å². The molecule has 0 bridgehead atoms. The van der Waals surface area contributed by atoms with Crippen molar-refractivity contribution in [2.24, 2.45) is 0 Å². The third-order valence-electron chi connectivity index (χ3n) is 4.16. The Morgan fingerprint density at radius 2 is 2.08 bits per heavy atom. The molecule has 0 saturated heterocycles. The van der Waals surface area contributed by atoms with E-state index in [0.29, 0.717) is 17.0 Å². The molecule has 2 aromatic heterocycles. The Labute approximate surface area is 137 Å². The molecule has 24 heavy (non-hydrogen) atoms. The second-order valence-electron chi connectivity index (χ2n) is 5.57. The van der Waals surface area contributed by atoms with E-state index >= 15 is 0 Å². The van der Waals surface area contributed by atoms with Crippen LogP contribution in [0, 0.1) is 0 Å². The second kappa shape index (κ2) is 5.49. The number of rotatable bonds is 2. The quantitative estimate of drug-likeness (QED) is 0.676. The van der Waals surface area contributed by atoms with Gasteiger partial charge in [-0.05, 0) is 29.8 Å². The van der Waals surface area contributed by atoms with E-state index in [1.807, 2.05) is 24.3 Å². The number of carbonyl (C=O) groups excluding carboxylic acids is 1. The first kappa shape index (κ1) is 14.4. The molecule has 3 aromatic rings. The minimum absolute atomic E-state index is 0.0928. The molecule has 1 atom stereocenters. The van der Waals surface area contributed by atoms with Gasteiger partial charge in [-0.2, -0.15) is 4.98 Å². The zero-order chi connectivity index (χ0) is 16.7. The monoisotopic (exact) mass is 322 g/mol. The van der Waals surface area contributed by atoms with Gasteiger partial charge in [0.2, 0.25) is 5.88 Å². The van der Waals surface area contributed by atoms with E-state index in [1.54, 1.807) is 31.5 Å². The van der Waals surface area contributed by atoms with Crippen molar-refractivity contribution < 1.29 is 14.3 Å². The van der Waals surface area contributed by atoms with E-state index in [4.69, 9.17) is 9.47 Å². The van der Waals surface area contributed by atoms with Crippen LogP contribution in [0.1, 0.15) is 23.5 Å². The maximum absolute atomic E-state index is 12.9. The van der Waals surface area contributed by atoms with Crippen LogP contribution in [-0.4, -0.2) is 22.5 Å². The number of hydrogen-bond acceptors (Lipinski definition) is 5. The SMILES string of the molecule is COc1cccc([C@H]2CC(=O)Oc3nc4ccccn4c(=O)c32)c1. The molecule has 0 aliphatic carbocycles. The van der Waals surface area contributed by atoms with Crippen molar-refractivity contribution in [3.8, 4) is 11.6 Å². The normalized spacial score (nSPS) is 16.5. The number of pyridine rings is 1. The summed E-state index contributed by atoms with van der Waals surface area (Å²) in [5.74, 6) is -0.0481. The van der Waals surface area contributed by atoms with Gasteiger partial charge in [0.25, 0.3) is 5.56 Å². The number of aromatic nitrogens is 2. The Bertz CT molecular complexity index is 1010. The van der Waals surface area contributed by atoms with E-state index in [9.17, 15) is 9.59 Å². The number of nitrogens with zero attached hydrogens (tertiary/aromatic N) is 2. The topological polar surface area (TPSA) is 69.9 Å². The third-order valence-corrected chi connectivity index (χ3v) is 4.16. The van der Waals surface area contributed by atoms with Crippen LogP contribution in [0.2, 0.25) is 0 Å².